The first-order valence-electron chi connectivity index (χ1n) is 2.63. The summed E-state index contributed by atoms with van der Waals surface area (Å²) in [5, 5.41) is 5.67. The summed E-state index contributed by atoms with van der Waals surface area (Å²) in [7, 11) is 0. The highest BCUT2D eigenvalue weighted by Gasteiger charge is 1.80. The van der Waals surface area contributed by atoms with Gasteiger partial charge in [-0.15, -0.1) is 0 Å². The molecule has 7 heavy (non-hydrogen) atoms. The molecular formula is C5H15NS. The average molecular weight is 121 g/mol. The van der Waals surface area contributed by atoms with E-state index >= 15 is 0 Å². The Labute approximate surface area is 50.8 Å². The van der Waals surface area contributed by atoms with Crippen molar-refractivity contribution in [2.45, 2.75) is 32.9 Å². The molecule has 0 bridgehead atoms. The van der Waals surface area contributed by atoms with Crippen LogP contribution in [0, 0.1) is 0 Å². The van der Waals surface area contributed by atoms with Crippen molar-refractivity contribution in [1.82, 2.24) is 0 Å². The first kappa shape index (κ1) is 10.3. The van der Waals surface area contributed by atoms with E-state index in [1.807, 2.05) is 13.8 Å². The van der Waals surface area contributed by atoms with Crippen LogP contribution in [0.4, 0.5) is 0 Å². The van der Waals surface area contributed by atoms with Crippen LogP contribution in [-0.2, 0) is 0 Å². The maximum Gasteiger partial charge on any atom is 0.0134 e. The zero-order valence-corrected chi connectivity index (χ0v) is 6.38. The summed E-state index contributed by atoms with van der Waals surface area (Å²) in [6.45, 7) is 8.12. The van der Waals surface area contributed by atoms with Crippen molar-refractivity contribution < 1.29 is 0 Å². The fourth-order valence-corrected chi connectivity index (χ4v) is 0. The zero-order chi connectivity index (χ0) is 6.28. The second-order valence-corrected chi connectivity index (χ2v) is 2.40. The van der Waals surface area contributed by atoms with Gasteiger partial charge in [-0.2, -0.15) is 0 Å². The molecule has 0 aromatic carbocycles. The van der Waals surface area contributed by atoms with Gasteiger partial charge in [0, 0.05) is 5.25 Å². The van der Waals surface area contributed by atoms with Gasteiger partial charge in [0.1, 0.15) is 0 Å². The molecule has 0 aliphatic rings. The van der Waals surface area contributed by atoms with Crippen LogP contribution in [0.1, 0.15) is 27.7 Å². The van der Waals surface area contributed by atoms with Gasteiger partial charge < -0.3 is 0 Å². The maximum absolute atomic E-state index is 5.09. The van der Waals surface area contributed by atoms with E-state index in [0.717, 1.165) is 0 Å². The van der Waals surface area contributed by atoms with Gasteiger partial charge in [0.25, 0.3) is 0 Å². The second kappa shape index (κ2) is 9.58. The van der Waals surface area contributed by atoms with Gasteiger partial charge in [0.15, 0.2) is 0 Å². The minimum Gasteiger partial charge on any atom is -0.278 e. The molecular weight excluding hydrogens is 106 g/mol. The minimum atomic E-state index is 0.579. The highest BCUT2D eigenvalue weighted by molar-refractivity contribution is 7.97. The summed E-state index contributed by atoms with van der Waals surface area (Å²) in [6.07, 6.45) is 0. The Morgan fingerprint density at radius 1 is 1.29 bits per heavy atom. The number of nitrogens with two attached hydrogens (primary N) is 1. The quantitative estimate of drug-likeness (QED) is 0.537. The molecule has 0 aliphatic heterocycles. The van der Waals surface area contributed by atoms with Crippen molar-refractivity contribution in [3.05, 3.63) is 0 Å². The molecule has 2 heteroatoms. The molecule has 0 aromatic rings. The third-order valence-electron chi connectivity index (χ3n) is 0.272. The molecule has 0 aromatic heterocycles. The van der Waals surface area contributed by atoms with Crippen LogP contribution in [0.25, 0.3) is 0 Å². The third kappa shape index (κ3) is 22.0. The molecule has 0 saturated carbocycles. The number of hydrogen-bond acceptors (Lipinski definition) is 2. The third-order valence-corrected chi connectivity index (χ3v) is 0.816. The summed E-state index contributed by atoms with van der Waals surface area (Å²) in [5.74, 6) is 0. The van der Waals surface area contributed by atoms with Crippen molar-refractivity contribution in [1.29, 1.82) is 0 Å². The van der Waals surface area contributed by atoms with E-state index in [-0.39, 0.29) is 0 Å². The Hall–Kier alpha value is 0.310. The molecule has 0 aliphatic carbocycles. The fraction of sp³-hybridized carbons (Fsp3) is 1.00. The van der Waals surface area contributed by atoms with Crippen LogP contribution in [0.5, 0.6) is 0 Å². The van der Waals surface area contributed by atoms with Gasteiger partial charge in [-0.25, -0.2) is 0 Å². The molecule has 0 spiro atoms. The first-order valence-corrected chi connectivity index (χ1v) is 3.57. The SMILES string of the molecule is CC.CC(C)SN. The lowest BCUT2D eigenvalue weighted by Gasteiger charge is -1.90. The largest absolute Gasteiger partial charge is 0.278 e. The van der Waals surface area contributed by atoms with Gasteiger partial charge in [-0.3, -0.25) is 5.14 Å². The molecule has 0 radical (unpaired) electrons. The molecule has 0 saturated heterocycles. The number of hydrogen-bond donors (Lipinski definition) is 1. The summed E-state index contributed by atoms with van der Waals surface area (Å²) in [4.78, 5) is 0. The van der Waals surface area contributed by atoms with Crippen molar-refractivity contribution in [3.63, 3.8) is 0 Å². The van der Waals surface area contributed by atoms with Gasteiger partial charge in [-0.05, 0) is 0 Å². The predicted molar refractivity (Wildman–Crippen MR) is 38.3 cm³/mol. The number of rotatable bonds is 1. The Kier molecular flexibility index (Phi) is 14.1. The molecule has 0 atom stereocenters. The van der Waals surface area contributed by atoms with Crippen molar-refractivity contribution in [2.75, 3.05) is 0 Å². The summed E-state index contributed by atoms with van der Waals surface area (Å²) in [6, 6.07) is 0. The molecule has 0 unspecified atom stereocenters. The topological polar surface area (TPSA) is 26.0 Å². The van der Waals surface area contributed by atoms with Gasteiger partial charge in [0.2, 0.25) is 0 Å². The molecule has 0 amide bonds. The van der Waals surface area contributed by atoms with E-state index in [0.29, 0.717) is 5.25 Å². The predicted octanol–water partition coefficient (Wildman–Crippen LogP) is 2.03. The first-order chi connectivity index (χ1) is 3.27. The normalized spacial score (nSPS) is 7.71. The van der Waals surface area contributed by atoms with Crippen LogP contribution < -0.4 is 5.14 Å². The highest BCUT2D eigenvalue weighted by atomic mass is 32.2. The molecule has 1 nitrogen and oxygen atoms in total. The van der Waals surface area contributed by atoms with E-state index in [1.165, 1.54) is 11.9 Å². The lowest BCUT2D eigenvalue weighted by Crippen LogP contribution is -1.90. The summed E-state index contributed by atoms with van der Waals surface area (Å²) in [5.41, 5.74) is 0. The monoisotopic (exact) mass is 121 g/mol. The smallest absolute Gasteiger partial charge is 0.0134 e. The van der Waals surface area contributed by atoms with Gasteiger partial charge in [0.05, 0.1) is 0 Å². The Bertz CT molecular complexity index is 22.0. The maximum atomic E-state index is 5.09. The van der Waals surface area contributed by atoms with Crippen molar-refractivity contribution >= 4 is 11.9 Å². The lowest BCUT2D eigenvalue weighted by molar-refractivity contribution is 1.11. The highest BCUT2D eigenvalue weighted by Crippen LogP contribution is 1.95. The van der Waals surface area contributed by atoms with Gasteiger partial charge in [-0.1, -0.05) is 39.6 Å². The van der Waals surface area contributed by atoms with Crippen LogP contribution >= 0.6 is 11.9 Å². The molecule has 0 fully saturated rings. The molecule has 0 heterocycles. The van der Waals surface area contributed by atoms with E-state index in [1.54, 1.807) is 0 Å². The van der Waals surface area contributed by atoms with E-state index in [2.05, 4.69) is 13.8 Å². The Morgan fingerprint density at radius 2 is 1.43 bits per heavy atom. The Balaban J connectivity index is 0. The average Bonchev–Trinajstić information content (AvgIpc) is 1.73. The Morgan fingerprint density at radius 3 is 1.43 bits per heavy atom. The molecule has 46 valence electrons. The molecule has 2 N–H and O–H groups in total. The van der Waals surface area contributed by atoms with Crippen LogP contribution in [0.3, 0.4) is 0 Å². The van der Waals surface area contributed by atoms with Gasteiger partial charge >= 0.3 is 0 Å². The lowest BCUT2D eigenvalue weighted by atomic mass is 10.6. The summed E-state index contributed by atoms with van der Waals surface area (Å²) >= 11 is 1.38. The summed E-state index contributed by atoms with van der Waals surface area (Å²) < 4.78 is 0. The molecule has 0 rings (SSSR count). The fourth-order valence-electron chi connectivity index (χ4n) is 0. The van der Waals surface area contributed by atoms with Crippen LogP contribution in [-0.4, -0.2) is 5.25 Å². The van der Waals surface area contributed by atoms with E-state index in [4.69, 9.17) is 5.14 Å². The standard InChI is InChI=1S/C3H9NS.C2H6/c1-3(2)5-4;1-2/h3H,4H2,1-2H3;1-2H3. The van der Waals surface area contributed by atoms with E-state index < -0.39 is 0 Å². The van der Waals surface area contributed by atoms with Crippen LogP contribution in [0.15, 0.2) is 0 Å². The van der Waals surface area contributed by atoms with Crippen LogP contribution in [0.2, 0.25) is 0 Å². The van der Waals surface area contributed by atoms with E-state index in [9.17, 15) is 0 Å². The second-order valence-electron chi connectivity index (χ2n) is 1.18. The zero-order valence-electron chi connectivity index (χ0n) is 5.56. The van der Waals surface area contributed by atoms with Crippen molar-refractivity contribution in [3.8, 4) is 0 Å². The van der Waals surface area contributed by atoms with Crippen molar-refractivity contribution in [2.24, 2.45) is 5.14 Å². The minimum absolute atomic E-state index is 0.579.